The minimum atomic E-state index is -0.445. The summed E-state index contributed by atoms with van der Waals surface area (Å²) in [4.78, 5) is 18.9. The molecular formula is C34H30Cl2N2O5. The Labute approximate surface area is 260 Å². The van der Waals surface area contributed by atoms with Crippen LogP contribution in [0.3, 0.4) is 0 Å². The molecular weight excluding hydrogens is 587 g/mol. The van der Waals surface area contributed by atoms with Gasteiger partial charge in [-0.3, -0.25) is 4.90 Å². The molecule has 1 aromatic heterocycles. The molecule has 1 N–H and O–H groups in total. The summed E-state index contributed by atoms with van der Waals surface area (Å²) in [7, 11) is 0. The van der Waals surface area contributed by atoms with Crippen molar-refractivity contribution in [2.24, 2.45) is 0 Å². The third-order valence-electron chi connectivity index (χ3n) is 7.78. The van der Waals surface area contributed by atoms with E-state index >= 15 is 0 Å². The van der Waals surface area contributed by atoms with E-state index in [1.54, 1.807) is 29.2 Å². The van der Waals surface area contributed by atoms with Crippen LogP contribution in [0.5, 0.6) is 11.5 Å². The summed E-state index contributed by atoms with van der Waals surface area (Å²) < 4.78 is 23.8. The number of H-pyrrole nitrogens is 1. The molecule has 1 atom stereocenters. The Morgan fingerprint density at radius 1 is 0.837 bits per heavy atom. The van der Waals surface area contributed by atoms with Crippen molar-refractivity contribution in [3.8, 4) is 11.5 Å². The highest BCUT2D eigenvalue weighted by atomic mass is 35.5. The van der Waals surface area contributed by atoms with Gasteiger partial charge in [0.15, 0.2) is 6.29 Å². The maximum Gasteiger partial charge on any atom is 0.416 e. The number of aromatic amines is 1. The number of nitrogens with zero attached hydrogens (tertiary/aromatic N) is 1. The van der Waals surface area contributed by atoms with Crippen LogP contribution >= 0.6 is 23.2 Å². The van der Waals surface area contributed by atoms with Gasteiger partial charge in [0, 0.05) is 40.2 Å². The van der Waals surface area contributed by atoms with Crippen molar-refractivity contribution in [2.75, 3.05) is 19.8 Å². The van der Waals surface area contributed by atoms with E-state index < -0.39 is 18.4 Å². The number of nitrogens with one attached hydrogen (secondary N) is 1. The summed E-state index contributed by atoms with van der Waals surface area (Å²) in [5, 5.41) is 2.30. The number of rotatable bonds is 5. The van der Waals surface area contributed by atoms with Gasteiger partial charge in [0.1, 0.15) is 23.6 Å². The van der Waals surface area contributed by atoms with Crippen molar-refractivity contribution in [1.29, 1.82) is 0 Å². The number of carbonyl (C=O) groups excluding carboxylic acids is 1. The Kier molecular flexibility index (Phi) is 7.72. The van der Waals surface area contributed by atoms with E-state index in [0.29, 0.717) is 47.7 Å². The lowest BCUT2D eigenvalue weighted by Crippen LogP contribution is -2.42. The van der Waals surface area contributed by atoms with E-state index in [9.17, 15) is 4.79 Å². The number of fused-ring (bicyclic) bond motifs is 3. The zero-order chi connectivity index (χ0) is 29.3. The third kappa shape index (κ3) is 5.82. The molecule has 1 unspecified atom stereocenters. The average molecular weight is 618 g/mol. The average Bonchev–Trinajstić information content (AvgIpc) is 3.41. The van der Waals surface area contributed by atoms with Crippen LogP contribution in [0.4, 0.5) is 4.79 Å². The first kappa shape index (κ1) is 27.8. The highest BCUT2D eigenvalue weighted by molar-refractivity contribution is 6.31. The normalized spacial score (nSPS) is 20.0. The largest absolute Gasteiger partial charge is 0.486 e. The van der Waals surface area contributed by atoms with Crippen LogP contribution in [0.2, 0.25) is 10.0 Å². The van der Waals surface area contributed by atoms with Gasteiger partial charge in [0.2, 0.25) is 0 Å². The first-order valence-electron chi connectivity index (χ1n) is 14.1. The Bertz CT molecular complexity index is 1740. The number of hydrogen-bond donors (Lipinski definition) is 1. The van der Waals surface area contributed by atoms with Crippen LogP contribution in [-0.2, 0) is 15.9 Å². The van der Waals surface area contributed by atoms with Gasteiger partial charge in [0.25, 0.3) is 0 Å². The number of ether oxygens (including phenoxy) is 4. The van der Waals surface area contributed by atoms with E-state index in [4.69, 9.17) is 42.1 Å². The zero-order valence-corrected chi connectivity index (χ0v) is 24.6. The number of hydrogen-bond acceptors (Lipinski definition) is 5. The molecule has 3 heterocycles. The SMILES string of the molecule is O=C(Oc1ccc(Cl)cc1)N1CCc2c([nH]c3ccc(Cl)cc23)C1c1ccc(OC2COC(c3ccccc3)OC2)cc1.[HH]. The van der Waals surface area contributed by atoms with Crippen LogP contribution in [0.25, 0.3) is 10.9 Å². The monoisotopic (exact) mass is 616 g/mol. The molecule has 0 spiro atoms. The number of carbonyl (C=O) groups is 1. The molecule has 4 aromatic carbocycles. The minimum absolute atomic E-state index is 0. The number of halogens is 2. The first-order chi connectivity index (χ1) is 21.0. The lowest BCUT2D eigenvalue weighted by atomic mass is 9.92. The third-order valence-corrected chi connectivity index (χ3v) is 8.27. The van der Waals surface area contributed by atoms with Gasteiger partial charge in [-0.25, -0.2) is 4.79 Å². The van der Waals surface area contributed by atoms with Crippen LogP contribution in [0.1, 0.15) is 36.1 Å². The summed E-state index contributed by atoms with van der Waals surface area (Å²) in [6.07, 6.45) is -0.418. The quantitative estimate of drug-likeness (QED) is 0.215. The molecule has 2 aliphatic rings. The molecule has 7 nitrogen and oxygen atoms in total. The van der Waals surface area contributed by atoms with E-state index in [1.165, 1.54) is 0 Å². The van der Waals surface area contributed by atoms with Crippen molar-refractivity contribution in [3.05, 3.63) is 129 Å². The predicted molar refractivity (Wildman–Crippen MR) is 167 cm³/mol. The van der Waals surface area contributed by atoms with Crippen molar-refractivity contribution in [1.82, 2.24) is 9.88 Å². The van der Waals surface area contributed by atoms with Crippen molar-refractivity contribution < 1.29 is 25.2 Å². The van der Waals surface area contributed by atoms with E-state index in [2.05, 4.69) is 4.98 Å². The highest BCUT2D eigenvalue weighted by Gasteiger charge is 2.36. The lowest BCUT2D eigenvalue weighted by molar-refractivity contribution is -0.215. The van der Waals surface area contributed by atoms with Crippen LogP contribution in [0.15, 0.2) is 97.1 Å². The number of amides is 1. The van der Waals surface area contributed by atoms with Gasteiger partial charge in [-0.1, -0.05) is 65.7 Å². The molecule has 9 heteroatoms. The maximum atomic E-state index is 13.6. The molecule has 7 rings (SSSR count). The van der Waals surface area contributed by atoms with Gasteiger partial charge in [0.05, 0.1) is 13.2 Å². The van der Waals surface area contributed by atoms with Crippen LogP contribution in [-0.4, -0.2) is 41.8 Å². The molecule has 220 valence electrons. The molecule has 2 aliphatic heterocycles. The summed E-state index contributed by atoms with van der Waals surface area (Å²) in [5.74, 6) is 1.12. The highest BCUT2D eigenvalue weighted by Crippen LogP contribution is 2.40. The van der Waals surface area contributed by atoms with Crippen molar-refractivity contribution in [3.63, 3.8) is 0 Å². The second-order valence-corrected chi connectivity index (χ2v) is 11.5. The zero-order valence-electron chi connectivity index (χ0n) is 23.0. The summed E-state index contributed by atoms with van der Waals surface area (Å²) >= 11 is 12.4. The molecule has 1 fully saturated rings. The molecule has 1 amide bonds. The smallest absolute Gasteiger partial charge is 0.416 e. The summed E-state index contributed by atoms with van der Waals surface area (Å²) in [6.45, 7) is 1.30. The predicted octanol–water partition coefficient (Wildman–Crippen LogP) is 8.36. The molecule has 1 saturated heterocycles. The summed E-state index contributed by atoms with van der Waals surface area (Å²) in [5.41, 5.74) is 4.95. The van der Waals surface area contributed by atoms with E-state index in [1.807, 2.05) is 72.8 Å². The fourth-order valence-corrected chi connectivity index (χ4v) is 6.04. The van der Waals surface area contributed by atoms with Crippen LogP contribution < -0.4 is 9.47 Å². The Morgan fingerprint density at radius 2 is 1.53 bits per heavy atom. The molecule has 0 bridgehead atoms. The second-order valence-electron chi connectivity index (χ2n) is 10.6. The van der Waals surface area contributed by atoms with Crippen molar-refractivity contribution in [2.45, 2.75) is 24.9 Å². The van der Waals surface area contributed by atoms with Gasteiger partial charge in [-0.2, -0.15) is 0 Å². The van der Waals surface area contributed by atoms with E-state index in [0.717, 1.165) is 33.3 Å². The van der Waals surface area contributed by atoms with Gasteiger partial charge < -0.3 is 23.9 Å². The van der Waals surface area contributed by atoms with Gasteiger partial charge >= 0.3 is 6.09 Å². The number of aromatic nitrogens is 1. The second kappa shape index (κ2) is 11.9. The molecule has 0 radical (unpaired) electrons. The van der Waals surface area contributed by atoms with Gasteiger partial charge in [-0.05, 0) is 72.1 Å². The van der Waals surface area contributed by atoms with Gasteiger partial charge in [-0.15, -0.1) is 0 Å². The first-order valence-corrected chi connectivity index (χ1v) is 14.9. The Morgan fingerprint density at radius 3 is 2.28 bits per heavy atom. The Hall–Kier alpha value is -4.01. The Balaban J connectivity index is 0.00000343. The summed E-state index contributed by atoms with van der Waals surface area (Å²) in [6, 6.07) is 29.8. The van der Waals surface area contributed by atoms with E-state index in [-0.39, 0.29) is 7.53 Å². The number of benzene rings is 4. The minimum Gasteiger partial charge on any atom is -0.486 e. The lowest BCUT2D eigenvalue weighted by Gasteiger charge is -2.35. The molecule has 5 aromatic rings. The van der Waals surface area contributed by atoms with Crippen LogP contribution in [0, 0.1) is 0 Å². The standard InChI is InChI=1S/C34H28Cl2N2O5.H2/c35-23-8-13-26(14-9-23)43-34(39)38-17-16-28-29-18-24(36)10-15-30(29)37-31(28)32(38)21-6-11-25(12-7-21)42-27-19-40-33(41-20-27)22-4-2-1-3-5-22;/h1-15,18,27,32-33,37H,16-17,19-20H2;1H. The van der Waals surface area contributed by atoms with Crippen molar-refractivity contribution >= 4 is 40.2 Å². The molecule has 0 saturated carbocycles. The fraction of sp³-hybridized carbons (Fsp3) is 0.206. The maximum absolute atomic E-state index is 13.6. The topological polar surface area (TPSA) is 73.0 Å². The molecule has 0 aliphatic carbocycles. The molecule has 43 heavy (non-hydrogen) atoms. The fourth-order valence-electron chi connectivity index (χ4n) is 5.74.